The van der Waals surface area contributed by atoms with Crippen LogP contribution < -0.4 is 10.2 Å². The van der Waals surface area contributed by atoms with Crippen molar-refractivity contribution < 1.29 is 4.79 Å². The number of rotatable bonds is 6. The zero-order valence-corrected chi connectivity index (χ0v) is 21.3. The van der Waals surface area contributed by atoms with Gasteiger partial charge in [-0.05, 0) is 73.9 Å². The monoisotopic (exact) mass is 485 g/mol. The van der Waals surface area contributed by atoms with Gasteiger partial charge in [-0.2, -0.15) is 5.10 Å². The van der Waals surface area contributed by atoms with Crippen molar-refractivity contribution in [2.24, 2.45) is 5.92 Å². The van der Waals surface area contributed by atoms with Crippen LogP contribution in [0.1, 0.15) is 29.5 Å². The highest BCUT2D eigenvalue weighted by Crippen LogP contribution is 2.29. The zero-order chi connectivity index (χ0) is 24.4. The fraction of sp³-hybridized carbons (Fsp3) is 0.321. The largest absolute Gasteiger partial charge is 0.354 e. The molecule has 180 valence electrons. The second-order valence-electron chi connectivity index (χ2n) is 9.26. The average molecular weight is 486 g/mol. The van der Waals surface area contributed by atoms with Crippen molar-refractivity contribution in [2.45, 2.75) is 38.1 Å². The quantitative estimate of drug-likeness (QED) is 0.377. The molecule has 0 radical (unpaired) electrons. The topological polar surface area (TPSA) is 62.5 Å². The maximum atomic E-state index is 13.0. The number of carbonyl (C=O) groups is 1. The number of benzene rings is 2. The first kappa shape index (κ1) is 23.4. The van der Waals surface area contributed by atoms with Crippen molar-refractivity contribution in [3.8, 4) is 11.3 Å². The fourth-order valence-electron chi connectivity index (χ4n) is 4.65. The van der Waals surface area contributed by atoms with E-state index < -0.39 is 0 Å². The summed E-state index contributed by atoms with van der Waals surface area (Å²) in [7, 11) is 0. The summed E-state index contributed by atoms with van der Waals surface area (Å²) >= 11 is 1.72. The molecule has 0 aliphatic carbocycles. The SMILES string of the molecule is CSc1ccc(CNC(=O)[C@@H]2CCCN(c3nccn4nc(-c5ccc(C)c(C)c5)cc34)C2)cc1. The van der Waals surface area contributed by atoms with E-state index in [0.717, 1.165) is 47.5 Å². The molecule has 1 N–H and O–H groups in total. The van der Waals surface area contributed by atoms with E-state index in [1.54, 1.807) is 18.0 Å². The van der Waals surface area contributed by atoms with E-state index in [4.69, 9.17) is 10.1 Å². The number of amides is 1. The molecule has 1 saturated heterocycles. The molecule has 0 bridgehead atoms. The molecule has 3 heterocycles. The molecule has 35 heavy (non-hydrogen) atoms. The number of thioether (sulfide) groups is 1. The molecule has 2 aromatic carbocycles. The number of aromatic nitrogens is 3. The Kier molecular flexibility index (Phi) is 6.77. The van der Waals surface area contributed by atoms with Crippen molar-refractivity contribution >= 4 is 29.0 Å². The molecule has 0 spiro atoms. The van der Waals surface area contributed by atoms with Gasteiger partial charge in [0.15, 0.2) is 5.82 Å². The first-order chi connectivity index (χ1) is 17.0. The average Bonchev–Trinajstić information content (AvgIpc) is 3.34. The summed E-state index contributed by atoms with van der Waals surface area (Å²) < 4.78 is 1.90. The van der Waals surface area contributed by atoms with Crippen molar-refractivity contribution in [1.82, 2.24) is 19.9 Å². The molecular weight excluding hydrogens is 454 g/mol. The lowest BCUT2D eigenvalue weighted by atomic mass is 9.97. The van der Waals surface area contributed by atoms with Crippen LogP contribution in [0.25, 0.3) is 16.8 Å². The maximum Gasteiger partial charge on any atom is 0.225 e. The standard InChI is InChI=1S/C28H31N5OS/c1-19-6-9-22(15-20(19)2)25-16-26-27(29-12-14-33(26)31-25)32-13-4-5-23(18-32)28(34)30-17-21-7-10-24(35-3)11-8-21/h6-12,14-16,23H,4-5,13,17-18H2,1-3H3,(H,30,34)/t23-/m1/s1. The molecule has 1 aliphatic heterocycles. The number of hydrogen-bond donors (Lipinski definition) is 1. The van der Waals surface area contributed by atoms with Gasteiger partial charge in [0, 0.05) is 42.5 Å². The Balaban J connectivity index is 1.31. The van der Waals surface area contributed by atoms with Gasteiger partial charge in [0.1, 0.15) is 5.52 Å². The summed E-state index contributed by atoms with van der Waals surface area (Å²) in [5.74, 6) is 0.943. The second kappa shape index (κ2) is 10.1. The van der Waals surface area contributed by atoms with Crippen molar-refractivity contribution in [1.29, 1.82) is 0 Å². The highest BCUT2D eigenvalue weighted by molar-refractivity contribution is 7.98. The number of nitrogens with one attached hydrogen (secondary N) is 1. The van der Waals surface area contributed by atoms with Gasteiger partial charge >= 0.3 is 0 Å². The Morgan fingerprint density at radius 3 is 2.71 bits per heavy atom. The molecule has 0 saturated carbocycles. The smallest absolute Gasteiger partial charge is 0.225 e. The highest BCUT2D eigenvalue weighted by Gasteiger charge is 2.27. The van der Waals surface area contributed by atoms with Gasteiger partial charge in [0.25, 0.3) is 0 Å². The number of fused-ring (bicyclic) bond motifs is 1. The summed E-state index contributed by atoms with van der Waals surface area (Å²) in [5.41, 5.74) is 6.65. The molecule has 1 aliphatic rings. The third-order valence-electron chi connectivity index (χ3n) is 6.89. The molecule has 7 heteroatoms. The number of aryl methyl sites for hydroxylation is 2. The minimum absolute atomic E-state index is 0.0570. The van der Waals surface area contributed by atoms with E-state index in [0.29, 0.717) is 13.1 Å². The minimum atomic E-state index is -0.0570. The van der Waals surface area contributed by atoms with Gasteiger partial charge in [-0.3, -0.25) is 4.79 Å². The molecule has 6 nitrogen and oxygen atoms in total. The van der Waals surface area contributed by atoms with E-state index in [1.807, 2.05) is 10.7 Å². The lowest BCUT2D eigenvalue weighted by Gasteiger charge is -2.33. The van der Waals surface area contributed by atoms with Crippen LogP contribution in [0.4, 0.5) is 5.82 Å². The van der Waals surface area contributed by atoms with Gasteiger partial charge in [0.05, 0.1) is 11.6 Å². The number of piperidine rings is 1. The number of carbonyl (C=O) groups excluding carboxylic acids is 1. The Morgan fingerprint density at radius 1 is 1.11 bits per heavy atom. The van der Waals surface area contributed by atoms with Crippen molar-refractivity contribution in [3.05, 3.63) is 77.6 Å². The van der Waals surface area contributed by atoms with Crippen molar-refractivity contribution in [2.75, 3.05) is 24.2 Å². The minimum Gasteiger partial charge on any atom is -0.354 e. The lowest BCUT2D eigenvalue weighted by Crippen LogP contribution is -2.43. The van der Waals surface area contributed by atoms with Gasteiger partial charge in [0.2, 0.25) is 5.91 Å². The maximum absolute atomic E-state index is 13.0. The molecular formula is C28H31N5OS. The van der Waals surface area contributed by atoms with Gasteiger partial charge in [-0.1, -0.05) is 24.3 Å². The molecule has 5 rings (SSSR count). The Hall–Kier alpha value is -3.32. The summed E-state index contributed by atoms with van der Waals surface area (Å²) in [6.07, 6.45) is 7.60. The summed E-state index contributed by atoms with van der Waals surface area (Å²) in [5, 5.41) is 7.95. The van der Waals surface area contributed by atoms with Crippen LogP contribution in [-0.2, 0) is 11.3 Å². The van der Waals surface area contributed by atoms with Crippen LogP contribution >= 0.6 is 11.8 Å². The molecule has 1 atom stereocenters. The third-order valence-corrected chi connectivity index (χ3v) is 7.63. The second-order valence-corrected chi connectivity index (χ2v) is 10.1. The van der Waals surface area contributed by atoms with E-state index in [9.17, 15) is 4.79 Å². The Labute approximate surface area is 210 Å². The Morgan fingerprint density at radius 2 is 1.94 bits per heavy atom. The van der Waals surface area contributed by atoms with Crippen LogP contribution in [-0.4, -0.2) is 39.9 Å². The van der Waals surface area contributed by atoms with Crippen LogP contribution in [0.3, 0.4) is 0 Å². The molecule has 1 fully saturated rings. The van der Waals surface area contributed by atoms with Crippen LogP contribution in [0, 0.1) is 19.8 Å². The number of hydrogen-bond acceptors (Lipinski definition) is 5. The van der Waals surface area contributed by atoms with E-state index in [-0.39, 0.29) is 11.8 Å². The summed E-state index contributed by atoms with van der Waals surface area (Å²) in [4.78, 5) is 21.2. The van der Waals surface area contributed by atoms with Gasteiger partial charge in [-0.25, -0.2) is 9.50 Å². The van der Waals surface area contributed by atoms with Crippen LogP contribution in [0.15, 0.2) is 65.8 Å². The molecule has 1 amide bonds. The van der Waals surface area contributed by atoms with E-state index >= 15 is 0 Å². The molecule has 4 aromatic rings. The lowest BCUT2D eigenvalue weighted by molar-refractivity contribution is -0.125. The predicted molar refractivity (Wildman–Crippen MR) is 143 cm³/mol. The zero-order valence-electron chi connectivity index (χ0n) is 20.5. The summed E-state index contributed by atoms with van der Waals surface area (Å²) in [6.45, 7) is 6.35. The summed E-state index contributed by atoms with van der Waals surface area (Å²) in [6, 6.07) is 16.9. The van der Waals surface area contributed by atoms with Crippen molar-refractivity contribution in [3.63, 3.8) is 0 Å². The first-order valence-electron chi connectivity index (χ1n) is 12.1. The van der Waals surface area contributed by atoms with Crippen LogP contribution in [0.5, 0.6) is 0 Å². The van der Waals surface area contributed by atoms with E-state index in [2.05, 4.69) is 78.9 Å². The normalized spacial score (nSPS) is 16.0. The number of anilines is 1. The molecule has 2 aromatic heterocycles. The predicted octanol–water partition coefficient (Wildman–Crippen LogP) is 5.27. The van der Waals surface area contributed by atoms with Crippen LogP contribution in [0.2, 0.25) is 0 Å². The van der Waals surface area contributed by atoms with Gasteiger partial charge < -0.3 is 10.2 Å². The van der Waals surface area contributed by atoms with Gasteiger partial charge in [-0.15, -0.1) is 11.8 Å². The van der Waals surface area contributed by atoms with E-state index in [1.165, 1.54) is 16.0 Å². The fourth-order valence-corrected chi connectivity index (χ4v) is 5.06. The molecule has 0 unspecified atom stereocenters. The highest BCUT2D eigenvalue weighted by atomic mass is 32.2. The Bertz CT molecular complexity index is 1350. The first-order valence-corrected chi connectivity index (χ1v) is 13.3. The third kappa shape index (κ3) is 5.05. The number of nitrogens with zero attached hydrogens (tertiary/aromatic N) is 4.